The Labute approximate surface area is 171 Å². The summed E-state index contributed by atoms with van der Waals surface area (Å²) >= 11 is 1.23. The molecular formula is C21H19N5O2S. The highest BCUT2D eigenvalue weighted by Crippen LogP contribution is 2.24. The van der Waals surface area contributed by atoms with Crippen LogP contribution in [0.25, 0.3) is 5.13 Å². The van der Waals surface area contributed by atoms with Crippen LogP contribution in [-0.2, 0) is 6.54 Å². The van der Waals surface area contributed by atoms with Gasteiger partial charge in [0.05, 0.1) is 11.9 Å². The van der Waals surface area contributed by atoms with Crippen molar-refractivity contribution < 1.29 is 9.90 Å². The predicted molar refractivity (Wildman–Crippen MR) is 110 cm³/mol. The number of aryl methyl sites for hydroxylation is 1. The number of carbonyl (C=O) groups is 1. The molecule has 2 aromatic carbocycles. The Balaban J connectivity index is 1.49. The molecule has 29 heavy (non-hydrogen) atoms. The van der Waals surface area contributed by atoms with E-state index in [2.05, 4.69) is 20.6 Å². The first-order valence-electron chi connectivity index (χ1n) is 9.07. The number of aliphatic hydroxyl groups excluding tert-OH is 1. The lowest BCUT2D eigenvalue weighted by Crippen LogP contribution is -2.22. The molecule has 8 heteroatoms. The molecule has 0 bridgehead atoms. The van der Waals surface area contributed by atoms with Crippen LogP contribution in [0, 0.1) is 6.92 Å². The molecule has 0 saturated heterocycles. The minimum absolute atomic E-state index is 0.181. The Bertz CT molecular complexity index is 1110. The zero-order chi connectivity index (χ0) is 20.2. The van der Waals surface area contributed by atoms with Crippen molar-refractivity contribution in [2.45, 2.75) is 19.6 Å². The number of nitrogens with one attached hydrogen (secondary N) is 1. The maximum absolute atomic E-state index is 12.6. The summed E-state index contributed by atoms with van der Waals surface area (Å²) in [5.74, 6) is -0.181. The van der Waals surface area contributed by atoms with E-state index >= 15 is 0 Å². The molecule has 146 valence electrons. The van der Waals surface area contributed by atoms with E-state index in [1.807, 2.05) is 60.7 Å². The Hall–Kier alpha value is -3.36. The molecule has 7 nitrogen and oxygen atoms in total. The summed E-state index contributed by atoms with van der Waals surface area (Å²) in [5, 5.41) is 22.0. The third kappa shape index (κ3) is 4.23. The maximum Gasteiger partial charge on any atom is 0.263 e. The molecule has 2 aromatic heterocycles. The SMILES string of the molecule is Cc1nc(-n2cc([C@H](O)c3ccccc3)nn2)sc1C(=O)NCc1ccccc1. The van der Waals surface area contributed by atoms with Gasteiger partial charge in [0, 0.05) is 6.54 Å². The van der Waals surface area contributed by atoms with Crippen molar-refractivity contribution in [1.82, 2.24) is 25.3 Å². The lowest BCUT2D eigenvalue weighted by atomic mass is 10.1. The molecule has 4 rings (SSSR count). The highest BCUT2D eigenvalue weighted by molar-refractivity contribution is 7.16. The zero-order valence-corrected chi connectivity index (χ0v) is 16.5. The molecule has 0 fully saturated rings. The van der Waals surface area contributed by atoms with Crippen molar-refractivity contribution in [3.63, 3.8) is 0 Å². The van der Waals surface area contributed by atoms with Crippen molar-refractivity contribution in [2.24, 2.45) is 0 Å². The van der Waals surface area contributed by atoms with Gasteiger partial charge < -0.3 is 10.4 Å². The van der Waals surface area contributed by atoms with Crippen molar-refractivity contribution >= 4 is 17.2 Å². The zero-order valence-electron chi connectivity index (χ0n) is 15.7. The van der Waals surface area contributed by atoms with Gasteiger partial charge in [0.25, 0.3) is 5.91 Å². The normalized spacial score (nSPS) is 11.9. The van der Waals surface area contributed by atoms with Gasteiger partial charge in [-0.2, -0.15) is 4.68 Å². The van der Waals surface area contributed by atoms with E-state index in [9.17, 15) is 9.90 Å². The van der Waals surface area contributed by atoms with Crippen molar-refractivity contribution in [3.05, 3.63) is 94.3 Å². The summed E-state index contributed by atoms with van der Waals surface area (Å²) in [4.78, 5) is 17.5. The quantitative estimate of drug-likeness (QED) is 0.514. The van der Waals surface area contributed by atoms with Crippen LogP contribution in [0.2, 0.25) is 0 Å². The van der Waals surface area contributed by atoms with Gasteiger partial charge in [0.2, 0.25) is 5.13 Å². The van der Waals surface area contributed by atoms with Crippen LogP contribution >= 0.6 is 11.3 Å². The van der Waals surface area contributed by atoms with Gasteiger partial charge in [-0.1, -0.05) is 77.2 Å². The van der Waals surface area contributed by atoms with Gasteiger partial charge in [-0.3, -0.25) is 4.79 Å². The molecule has 0 aliphatic heterocycles. The topological polar surface area (TPSA) is 92.9 Å². The molecule has 0 spiro atoms. The van der Waals surface area contributed by atoms with Crippen LogP contribution in [0.5, 0.6) is 0 Å². The van der Waals surface area contributed by atoms with Gasteiger partial charge in [0.1, 0.15) is 16.7 Å². The van der Waals surface area contributed by atoms with Gasteiger partial charge in [-0.05, 0) is 18.1 Å². The Kier molecular flexibility index (Phi) is 5.46. The van der Waals surface area contributed by atoms with E-state index in [0.717, 1.165) is 11.1 Å². The van der Waals surface area contributed by atoms with Crippen LogP contribution in [0.3, 0.4) is 0 Å². The number of aliphatic hydroxyl groups is 1. The van der Waals surface area contributed by atoms with Crippen LogP contribution in [-0.4, -0.2) is 31.0 Å². The minimum Gasteiger partial charge on any atom is -0.382 e. The predicted octanol–water partition coefficient (Wildman–Crippen LogP) is 3.04. The summed E-state index contributed by atoms with van der Waals surface area (Å²) in [7, 11) is 0. The number of thiazole rings is 1. The fraction of sp³-hybridized carbons (Fsp3) is 0.143. The van der Waals surface area contributed by atoms with Crippen molar-refractivity contribution in [2.75, 3.05) is 0 Å². The molecule has 0 radical (unpaired) electrons. The maximum atomic E-state index is 12.6. The van der Waals surface area contributed by atoms with Crippen molar-refractivity contribution in [3.8, 4) is 5.13 Å². The molecule has 4 aromatic rings. The molecule has 1 atom stereocenters. The average Bonchev–Trinajstić information content (AvgIpc) is 3.40. The van der Waals surface area contributed by atoms with Crippen LogP contribution in [0.1, 0.15) is 38.3 Å². The summed E-state index contributed by atoms with van der Waals surface area (Å²) in [6.07, 6.45) is 0.751. The smallest absolute Gasteiger partial charge is 0.263 e. The largest absolute Gasteiger partial charge is 0.382 e. The number of rotatable bonds is 6. The lowest BCUT2D eigenvalue weighted by Gasteiger charge is -2.06. The van der Waals surface area contributed by atoms with E-state index in [1.165, 1.54) is 16.0 Å². The van der Waals surface area contributed by atoms with Gasteiger partial charge in [-0.25, -0.2) is 4.98 Å². The first-order chi connectivity index (χ1) is 14.1. The first kappa shape index (κ1) is 19.0. The minimum atomic E-state index is -0.875. The Morgan fingerprint density at radius 2 is 1.83 bits per heavy atom. The van der Waals surface area contributed by atoms with Crippen LogP contribution in [0.15, 0.2) is 66.9 Å². The molecule has 2 heterocycles. The van der Waals surface area contributed by atoms with E-state index in [1.54, 1.807) is 13.1 Å². The van der Waals surface area contributed by atoms with E-state index in [-0.39, 0.29) is 5.91 Å². The number of nitrogens with zero attached hydrogens (tertiary/aromatic N) is 4. The van der Waals surface area contributed by atoms with Gasteiger partial charge >= 0.3 is 0 Å². The summed E-state index contributed by atoms with van der Waals surface area (Å²) in [6.45, 7) is 2.23. The number of amides is 1. The summed E-state index contributed by atoms with van der Waals surface area (Å²) in [5.41, 5.74) is 2.80. The highest BCUT2D eigenvalue weighted by atomic mass is 32.1. The number of carbonyl (C=O) groups excluding carboxylic acids is 1. The molecule has 2 N–H and O–H groups in total. The summed E-state index contributed by atoms with van der Waals surface area (Å²) in [6, 6.07) is 19.0. The molecule has 1 amide bonds. The highest BCUT2D eigenvalue weighted by Gasteiger charge is 2.19. The third-order valence-electron chi connectivity index (χ3n) is 4.39. The average molecular weight is 405 g/mol. The number of hydrogen-bond acceptors (Lipinski definition) is 6. The fourth-order valence-corrected chi connectivity index (χ4v) is 3.76. The van der Waals surface area contributed by atoms with E-state index in [0.29, 0.717) is 27.9 Å². The number of benzene rings is 2. The monoisotopic (exact) mass is 405 g/mol. The van der Waals surface area contributed by atoms with Crippen LogP contribution in [0.4, 0.5) is 0 Å². The van der Waals surface area contributed by atoms with Crippen molar-refractivity contribution in [1.29, 1.82) is 0 Å². The second-order valence-electron chi connectivity index (χ2n) is 6.48. The third-order valence-corrected chi connectivity index (χ3v) is 5.54. The fourth-order valence-electron chi connectivity index (χ4n) is 2.85. The molecule has 0 saturated carbocycles. The standard InChI is InChI=1S/C21H19N5O2S/c1-14-19(20(28)22-12-15-8-4-2-5-9-15)29-21(23-14)26-13-17(24-25-26)18(27)16-10-6-3-7-11-16/h2-11,13,18,27H,12H2,1H3,(H,22,28)/t18-/m1/s1. The molecule has 0 aliphatic carbocycles. The number of hydrogen-bond donors (Lipinski definition) is 2. The molecular weight excluding hydrogens is 386 g/mol. The Morgan fingerprint density at radius 3 is 2.55 bits per heavy atom. The van der Waals surface area contributed by atoms with Gasteiger partial charge in [0.15, 0.2) is 0 Å². The Morgan fingerprint density at radius 1 is 1.14 bits per heavy atom. The molecule has 0 unspecified atom stereocenters. The first-order valence-corrected chi connectivity index (χ1v) is 9.88. The molecule has 0 aliphatic rings. The number of aromatic nitrogens is 4. The second kappa shape index (κ2) is 8.34. The van der Waals surface area contributed by atoms with Gasteiger partial charge in [-0.15, -0.1) is 5.10 Å². The summed E-state index contributed by atoms with van der Waals surface area (Å²) < 4.78 is 1.48. The lowest BCUT2D eigenvalue weighted by molar-refractivity contribution is 0.0954. The van der Waals surface area contributed by atoms with E-state index < -0.39 is 6.10 Å². The van der Waals surface area contributed by atoms with Crippen LogP contribution < -0.4 is 5.32 Å². The second-order valence-corrected chi connectivity index (χ2v) is 7.46. The van der Waals surface area contributed by atoms with E-state index in [4.69, 9.17) is 0 Å².